The van der Waals surface area contributed by atoms with Crippen LogP contribution in [-0.4, -0.2) is 22.1 Å². The topological polar surface area (TPSA) is 44.1 Å². The van der Waals surface area contributed by atoms with Gasteiger partial charge in [-0.25, -0.2) is 4.98 Å². The molecule has 0 aliphatic rings. The standard InChI is InChI=1S/C27H34N2O2/c1-3-24-28-26(22-16-10-8-11-17-22)27(23-18-12-9-13-19-23)29(24)21-15-7-5-6-14-20-25(30)31-4-2/h8-13,16-19H,3-7,14-15,20-21H2,1-2H3. The number of aromatic nitrogens is 2. The zero-order chi connectivity index (χ0) is 21.9. The normalized spacial score (nSPS) is 10.9. The second-order valence-corrected chi connectivity index (χ2v) is 7.79. The number of hydrogen-bond acceptors (Lipinski definition) is 3. The average molecular weight is 419 g/mol. The SMILES string of the molecule is CCOC(=O)CCCCCCCn1c(CC)nc(-c2ccccc2)c1-c1ccccc1. The van der Waals surface area contributed by atoms with Crippen LogP contribution in [0.15, 0.2) is 60.7 Å². The van der Waals surface area contributed by atoms with Gasteiger partial charge in [-0.05, 0) is 19.8 Å². The summed E-state index contributed by atoms with van der Waals surface area (Å²) in [6, 6.07) is 21.1. The lowest BCUT2D eigenvalue weighted by molar-refractivity contribution is -0.143. The van der Waals surface area contributed by atoms with Crippen LogP contribution in [0.5, 0.6) is 0 Å². The third-order valence-corrected chi connectivity index (χ3v) is 5.53. The van der Waals surface area contributed by atoms with E-state index in [1.54, 1.807) is 0 Å². The number of aryl methyl sites for hydroxylation is 1. The Hall–Kier alpha value is -2.88. The fourth-order valence-corrected chi connectivity index (χ4v) is 4.00. The number of unbranched alkanes of at least 4 members (excludes halogenated alkanes) is 4. The van der Waals surface area contributed by atoms with Crippen molar-refractivity contribution in [2.24, 2.45) is 0 Å². The van der Waals surface area contributed by atoms with E-state index in [2.05, 4.69) is 66.1 Å². The summed E-state index contributed by atoms with van der Waals surface area (Å²) in [6.45, 7) is 5.46. The van der Waals surface area contributed by atoms with E-state index in [0.717, 1.165) is 62.2 Å². The van der Waals surface area contributed by atoms with E-state index >= 15 is 0 Å². The molecule has 0 unspecified atom stereocenters. The van der Waals surface area contributed by atoms with Gasteiger partial charge in [-0.2, -0.15) is 0 Å². The Labute approximate surface area is 186 Å². The number of carbonyl (C=O) groups excluding carboxylic acids is 1. The monoisotopic (exact) mass is 418 g/mol. The van der Waals surface area contributed by atoms with Gasteiger partial charge in [0.2, 0.25) is 0 Å². The average Bonchev–Trinajstić information content (AvgIpc) is 3.18. The van der Waals surface area contributed by atoms with E-state index in [1.165, 1.54) is 11.3 Å². The maximum absolute atomic E-state index is 11.4. The maximum atomic E-state index is 11.4. The molecule has 3 aromatic rings. The van der Waals surface area contributed by atoms with Crippen LogP contribution >= 0.6 is 0 Å². The molecule has 0 bridgehead atoms. The summed E-state index contributed by atoms with van der Waals surface area (Å²) in [6.07, 6.45) is 6.83. The van der Waals surface area contributed by atoms with E-state index in [9.17, 15) is 4.79 Å². The first-order chi connectivity index (χ1) is 15.2. The predicted octanol–water partition coefficient (Wildman–Crippen LogP) is 6.68. The molecule has 0 spiro atoms. The van der Waals surface area contributed by atoms with Crippen LogP contribution in [0, 0.1) is 0 Å². The summed E-state index contributed by atoms with van der Waals surface area (Å²) < 4.78 is 7.41. The summed E-state index contributed by atoms with van der Waals surface area (Å²) in [4.78, 5) is 16.5. The van der Waals surface area contributed by atoms with Crippen molar-refractivity contribution in [3.8, 4) is 22.5 Å². The zero-order valence-corrected chi connectivity index (χ0v) is 18.8. The largest absolute Gasteiger partial charge is 0.466 e. The minimum absolute atomic E-state index is 0.0746. The smallest absolute Gasteiger partial charge is 0.305 e. The second kappa shape index (κ2) is 12.1. The van der Waals surface area contributed by atoms with Crippen molar-refractivity contribution < 1.29 is 9.53 Å². The molecule has 1 aromatic heterocycles. The molecule has 0 N–H and O–H groups in total. The van der Waals surface area contributed by atoms with Crippen molar-refractivity contribution in [3.63, 3.8) is 0 Å². The molecule has 4 nitrogen and oxygen atoms in total. The Morgan fingerprint density at radius 1 is 0.839 bits per heavy atom. The van der Waals surface area contributed by atoms with Gasteiger partial charge in [-0.15, -0.1) is 0 Å². The van der Waals surface area contributed by atoms with E-state index in [0.29, 0.717) is 13.0 Å². The molecule has 0 saturated heterocycles. The molecule has 3 rings (SSSR count). The minimum atomic E-state index is -0.0746. The van der Waals surface area contributed by atoms with Gasteiger partial charge < -0.3 is 9.30 Å². The molecule has 0 saturated carbocycles. The summed E-state index contributed by atoms with van der Waals surface area (Å²) in [5.41, 5.74) is 4.65. The van der Waals surface area contributed by atoms with Gasteiger partial charge in [-0.1, -0.05) is 86.8 Å². The van der Waals surface area contributed by atoms with Gasteiger partial charge in [-0.3, -0.25) is 4.79 Å². The fraction of sp³-hybridized carbons (Fsp3) is 0.407. The Kier molecular flexibility index (Phi) is 8.89. The van der Waals surface area contributed by atoms with Crippen molar-refractivity contribution in [3.05, 3.63) is 66.5 Å². The number of benzene rings is 2. The molecule has 0 atom stereocenters. The zero-order valence-electron chi connectivity index (χ0n) is 18.8. The first-order valence-electron chi connectivity index (χ1n) is 11.6. The lowest BCUT2D eigenvalue weighted by Crippen LogP contribution is -2.05. The third kappa shape index (κ3) is 6.30. The molecule has 1 heterocycles. The highest BCUT2D eigenvalue weighted by Crippen LogP contribution is 2.33. The molecular formula is C27H34N2O2. The van der Waals surface area contributed by atoms with E-state index in [4.69, 9.17) is 9.72 Å². The number of nitrogens with zero attached hydrogens (tertiary/aromatic N) is 2. The molecule has 0 amide bonds. The highest BCUT2D eigenvalue weighted by Gasteiger charge is 2.18. The summed E-state index contributed by atoms with van der Waals surface area (Å²) in [5, 5.41) is 0. The van der Waals surface area contributed by atoms with Gasteiger partial charge >= 0.3 is 5.97 Å². The first kappa shape index (κ1) is 22.8. The van der Waals surface area contributed by atoms with Crippen LogP contribution in [0.3, 0.4) is 0 Å². The van der Waals surface area contributed by atoms with Crippen molar-refractivity contribution >= 4 is 5.97 Å². The molecule has 2 aromatic carbocycles. The summed E-state index contributed by atoms with van der Waals surface area (Å²) in [7, 11) is 0. The third-order valence-electron chi connectivity index (χ3n) is 5.53. The van der Waals surface area contributed by atoms with Gasteiger partial charge in [0.05, 0.1) is 18.0 Å². The van der Waals surface area contributed by atoms with E-state index in [1.807, 2.05) is 13.0 Å². The van der Waals surface area contributed by atoms with Crippen LogP contribution in [0.25, 0.3) is 22.5 Å². The van der Waals surface area contributed by atoms with E-state index in [-0.39, 0.29) is 5.97 Å². The van der Waals surface area contributed by atoms with Crippen LogP contribution in [0.4, 0.5) is 0 Å². The minimum Gasteiger partial charge on any atom is -0.466 e. The number of hydrogen-bond donors (Lipinski definition) is 0. The molecule has 0 aliphatic carbocycles. The van der Waals surface area contributed by atoms with Crippen LogP contribution in [-0.2, 0) is 22.5 Å². The van der Waals surface area contributed by atoms with Crippen LogP contribution in [0.2, 0.25) is 0 Å². The van der Waals surface area contributed by atoms with Crippen molar-refractivity contribution in [1.82, 2.24) is 9.55 Å². The number of carbonyl (C=O) groups is 1. The maximum Gasteiger partial charge on any atom is 0.305 e. The molecule has 0 aliphatic heterocycles. The molecule has 0 fully saturated rings. The molecule has 0 radical (unpaired) electrons. The lowest BCUT2D eigenvalue weighted by Gasteiger charge is -2.13. The number of imidazole rings is 1. The quantitative estimate of drug-likeness (QED) is 0.243. The van der Waals surface area contributed by atoms with E-state index < -0.39 is 0 Å². The highest BCUT2D eigenvalue weighted by molar-refractivity contribution is 5.79. The van der Waals surface area contributed by atoms with Crippen LogP contribution in [0.1, 0.15) is 58.2 Å². The Bertz CT molecular complexity index is 933. The summed E-state index contributed by atoms with van der Waals surface area (Å²) >= 11 is 0. The fourth-order valence-electron chi connectivity index (χ4n) is 4.00. The van der Waals surface area contributed by atoms with Crippen molar-refractivity contribution in [2.45, 2.75) is 65.3 Å². The number of ether oxygens (including phenoxy) is 1. The second-order valence-electron chi connectivity index (χ2n) is 7.79. The Morgan fingerprint density at radius 2 is 1.45 bits per heavy atom. The van der Waals surface area contributed by atoms with Gasteiger partial charge in [0.15, 0.2) is 0 Å². The molecular weight excluding hydrogens is 384 g/mol. The molecule has 4 heteroatoms. The van der Waals surface area contributed by atoms with Crippen LogP contribution < -0.4 is 0 Å². The Balaban J connectivity index is 1.70. The first-order valence-corrected chi connectivity index (χ1v) is 11.6. The number of esters is 1. The van der Waals surface area contributed by atoms with Gasteiger partial charge in [0, 0.05) is 30.5 Å². The molecule has 164 valence electrons. The Morgan fingerprint density at radius 3 is 2.10 bits per heavy atom. The highest BCUT2D eigenvalue weighted by atomic mass is 16.5. The van der Waals surface area contributed by atoms with Gasteiger partial charge in [0.1, 0.15) is 5.82 Å². The number of rotatable bonds is 12. The molecule has 31 heavy (non-hydrogen) atoms. The lowest BCUT2D eigenvalue weighted by atomic mass is 10.0. The summed E-state index contributed by atoms with van der Waals surface area (Å²) in [5.74, 6) is 1.06. The van der Waals surface area contributed by atoms with Crippen molar-refractivity contribution in [2.75, 3.05) is 6.61 Å². The predicted molar refractivity (Wildman–Crippen MR) is 127 cm³/mol. The van der Waals surface area contributed by atoms with Gasteiger partial charge in [0.25, 0.3) is 0 Å². The van der Waals surface area contributed by atoms with Crippen molar-refractivity contribution in [1.29, 1.82) is 0 Å².